The van der Waals surface area contributed by atoms with Crippen LogP contribution in [0.1, 0.15) is 142 Å². The third-order valence-electron chi connectivity index (χ3n) is 13.4. The molecule has 4 aliphatic rings. The number of aliphatic hydroxyl groups excluding tert-OH is 1. The number of aliphatic carboxylic acids is 1. The van der Waals surface area contributed by atoms with Crippen LogP contribution in [0.25, 0.3) is 0 Å². The Kier molecular flexibility index (Phi) is 11.5. The van der Waals surface area contributed by atoms with Crippen molar-refractivity contribution in [1.82, 2.24) is 0 Å². The normalized spacial score (nSPS) is 28.8. The quantitative estimate of drug-likeness (QED) is 0.157. The van der Waals surface area contributed by atoms with E-state index in [1.165, 1.54) is 19.3 Å². The van der Waals surface area contributed by atoms with Crippen LogP contribution in [0.3, 0.4) is 0 Å². The lowest BCUT2D eigenvalue weighted by atomic mass is 9.48. The standard InChI is InChI=1S/C45H64O7/c1-9-41(5,36-13-11-10-12-14-36)28-44(8,39(50)52-45-25-33-21-34(26-45)24-40(4,23-33)27-45)30-43(7,38(49)51-20-19-46)29-42(6,37(47)48)22-32(3)35-17-15-31(2)16-18-35/h10-18,32-34,46H,9,19-30H2,1-8H3,(H,47,48). The molecule has 0 spiro atoms. The van der Waals surface area contributed by atoms with Gasteiger partial charge in [-0.2, -0.15) is 0 Å². The minimum absolute atomic E-state index is 0.0415. The Balaban J connectivity index is 1.54. The van der Waals surface area contributed by atoms with Gasteiger partial charge in [0.2, 0.25) is 0 Å². The van der Waals surface area contributed by atoms with Gasteiger partial charge < -0.3 is 19.7 Å². The van der Waals surface area contributed by atoms with Gasteiger partial charge in [0, 0.05) is 0 Å². The molecule has 2 N–H and O–H groups in total. The zero-order valence-electron chi connectivity index (χ0n) is 33.1. The maximum absolute atomic E-state index is 15.2. The van der Waals surface area contributed by atoms with Gasteiger partial charge in [0.1, 0.15) is 12.2 Å². The number of carbonyl (C=O) groups is 3. The summed E-state index contributed by atoms with van der Waals surface area (Å²) >= 11 is 0. The van der Waals surface area contributed by atoms with E-state index >= 15 is 4.79 Å². The molecule has 286 valence electrons. The molecule has 52 heavy (non-hydrogen) atoms. The first-order chi connectivity index (χ1) is 24.3. The number of hydrogen-bond acceptors (Lipinski definition) is 6. The molecule has 7 atom stereocenters. The smallest absolute Gasteiger partial charge is 0.312 e. The van der Waals surface area contributed by atoms with E-state index in [4.69, 9.17) is 9.47 Å². The first-order valence-electron chi connectivity index (χ1n) is 19.7. The lowest BCUT2D eigenvalue weighted by molar-refractivity contribution is -0.210. The molecule has 0 aliphatic heterocycles. The summed E-state index contributed by atoms with van der Waals surface area (Å²) < 4.78 is 12.5. The number of carbonyl (C=O) groups excluding carboxylic acids is 2. The first-order valence-corrected chi connectivity index (χ1v) is 19.7. The van der Waals surface area contributed by atoms with Crippen LogP contribution in [0.4, 0.5) is 0 Å². The number of aryl methyl sites for hydroxylation is 1. The van der Waals surface area contributed by atoms with Crippen molar-refractivity contribution in [2.75, 3.05) is 13.2 Å². The van der Waals surface area contributed by atoms with E-state index in [0.29, 0.717) is 18.3 Å². The van der Waals surface area contributed by atoms with Crippen LogP contribution in [0, 0.1) is 40.4 Å². The van der Waals surface area contributed by atoms with E-state index in [-0.39, 0.29) is 49.8 Å². The monoisotopic (exact) mass is 716 g/mol. The molecule has 2 aromatic rings. The van der Waals surface area contributed by atoms with Crippen molar-refractivity contribution in [2.45, 2.75) is 143 Å². The zero-order chi connectivity index (χ0) is 38.2. The number of aliphatic hydroxyl groups is 1. The maximum atomic E-state index is 15.2. The predicted octanol–water partition coefficient (Wildman–Crippen LogP) is 9.57. The Labute approximate surface area is 312 Å². The van der Waals surface area contributed by atoms with Crippen LogP contribution >= 0.6 is 0 Å². The van der Waals surface area contributed by atoms with E-state index in [1.54, 1.807) is 13.8 Å². The molecule has 4 bridgehead atoms. The van der Waals surface area contributed by atoms with Crippen molar-refractivity contribution < 1.29 is 34.1 Å². The number of carboxylic acids is 1. The third-order valence-corrected chi connectivity index (χ3v) is 13.4. The molecule has 0 aromatic heterocycles. The predicted molar refractivity (Wildman–Crippen MR) is 204 cm³/mol. The molecule has 7 heteroatoms. The highest BCUT2D eigenvalue weighted by Gasteiger charge is 2.60. The van der Waals surface area contributed by atoms with Gasteiger partial charge in [-0.15, -0.1) is 0 Å². The summed E-state index contributed by atoms with van der Waals surface area (Å²) in [5.74, 6) is -0.894. The molecule has 0 heterocycles. The Bertz CT molecular complexity index is 1570. The van der Waals surface area contributed by atoms with Crippen molar-refractivity contribution in [3.63, 3.8) is 0 Å². The topological polar surface area (TPSA) is 110 Å². The zero-order valence-corrected chi connectivity index (χ0v) is 33.1. The number of hydrogen-bond donors (Lipinski definition) is 2. The molecule has 4 saturated carbocycles. The highest BCUT2D eigenvalue weighted by molar-refractivity contribution is 5.83. The first kappa shape index (κ1) is 40.0. The number of rotatable bonds is 17. The van der Waals surface area contributed by atoms with Gasteiger partial charge >= 0.3 is 17.9 Å². The van der Waals surface area contributed by atoms with Crippen LogP contribution in [-0.2, 0) is 29.3 Å². The molecule has 7 unspecified atom stereocenters. The second-order valence-electron chi connectivity index (χ2n) is 19.0. The number of benzene rings is 2. The summed E-state index contributed by atoms with van der Waals surface area (Å²) in [6, 6.07) is 18.3. The maximum Gasteiger partial charge on any atom is 0.312 e. The summed E-state index contributed by atoms with van der Waals surface area (Å²) in [6.07, 6.45) is 7.66. The van der Waals surface area contributed by atoms with E-state index in [2.05, 4.69) is 32.9 Å². The fraction of sp³-hybridized carbons (Fsp3) is 0.667. The van der Waals surface area contributed by atoms with Crippen LogP contribution < -0.4 is 0 Å². The largest absolute Gasteiger partial charge is 0.481 e. The lowest BCUT2D eigenvalue weighted by Gasteiger charge is -2.60. The molecule has 0 amide bonds. The minimum atomic E-state index is -1.39. The van der Waals surface area contributed by atoms with Crippen molar-refractivity contribution in [1.29, 1.82) is 0 Å². The second kappa shape index (κ2) is 14.9. The van der Waals surface area contributed by atoms with Gasteiger partial charge in [0.15, 0.2) is 0 Å². The number of ether oxygens (including phenoxy) is 2. The summed E-state index contributed by atoms with van der Waals surface area (Å²) in [6.45, 7) is 15.5. The Morgan fingerprint density at radius 1 is 0.846 bits per heavy atom. The summed E-state index contributed by atoms with van der Waals surface area (Å²) in [7, 11) is 0. The van der Waals surface area contributed by atoms with Gasteiger partial charge in [-0.3, -0.25) is 14.4 Å². The Morgan fingerprint density at radius 3 is 1.96 bits per heavy atom. The highest BCUT2D eigenvalue weighted by Crippen LogP contribution is 2.63. The fourth-order valence-electron chi connectivity index (χ4n) is 11.6. The molecule has 4 aliphatic carbocycles. The Hall–Kier alpha value is -3.19. The van der Waals surface area contributed by atoms with Crippen LogP contribution in [0.5, 0.6) is 0 Å². The van der Waals surface area contributed by atoms with E-state index < -0.39 is 39.2 Å². The summed E-state index contributed by atoms with van der Waals surface area (Å²) in [4.78, 5) is 42.7. The van der Waals surface area contributed by atoms with Crippen LogP contribution in [0.15, 0.2) is 54.6 Å². The highest BCUT2D eigenvalue weighted by atomic mass is 16.6. The van der Waals surface area contributed by atoms with Crippen molar-refractivity contribution in [3.05, 3.63) is 71.3 Å². The molecule has 0 saturated heterocycles. The number of carboxylic acid groups (broad SMARTS) is 1. The van der Waals surface area contributed by atoms with Crippen molar-refractivity contribution >= 4 is 17.9 Å². The van der Waals surface area contributed by atoms with Crippen molar-refractivity contribution in [3.8, 4) is 0 Å². The van der Waals surface area contributed by atoms with E-state index in [9.17, 15) is 19.8 Å². The summed E-state index contributed by atoms with van der Waals surface area (Å²) in [5, 5.41) is 20.5. The van der Waals surface area contributed by atoms with Gasteiger partial charge in [-0.05, 0) is 138 Å². The SMILES string of the molecule is CCC(C)(CC(C)(CC(C)(CC(C)(CC(C)c1ccc(C)cc1)C(=O)O)C(=O)OCCO)C(=O)OC12CC3CC(CC(C)(C3)C1)C2)c1ccccc1. The molecule has 4 fully saturated rings. The van der Waals surface area contributed by atoms with Gasteiger partial charge in [0.25, 0.3) is 0 Å². The average molecular weight is 717 g/mol. The molecule has 2 aromatic carbocycles. The molecular formula is C45H64O7. The van der Waals surface area contributed by atoms with E-state index in [0.717, 1.165) is 42.4 Å². The van der Waals surface area contributed by atoms with E-state index in [1.807, 2.05) is 63.2 Å². The Morgan fingerprint density at radius 2 is 1.42 bits per heavy atom. The van der Waals surface area contributed by atoms with Crippen LogP contribution in [0.2, 0.25) is 0 Å². The fourth-order valence-corrected chi connectivity index (χ4v) is 11.6. The molecule has 7 nitrogen and oxygen atoms in total. The van der Waals surface area contributed by atoms with Crippen molar-refractivity contribution in [2.24, 2.45) is 33.5 Å². The van der Waals surface area contributed by atoms with Gasteiger partial charge in [-0.1, -0.05) is 87.9 Å². The lowest BCUT2D eigenvalue weighted by Crippen LogP contribution is -2.58. The van der Waals surface area contributed by atoms with Gasteiger partial charge in [-0.25, -0.2) is 0 Å². The van der Waals surface area contributed by atoms with Gasteiger partial charge in [0.05, 0.1) is 22.9 Å². The summed E-state index contributed by atoms with van der Waals surface area (Å²) in [5.41, 5.74) is -1.41. The average Bonchev–Trinajstić information content (AvgIpc) is 3.06. The third kappa shape index (κ3) is 8.45. The number of esters is 2. The molecule has 6 rings (SSSR count). The molecule has 0 radical (unpaired) electrons. The minimum Gasteiger partial charge on any atom is -0.481 e. The molecular weight excluding hydrogens is 652 g/mol. The van der Waals surface area contributed by atoms with Crippen LogP contribution in [-0.4, -0.2) is 46.9 Å². The second-order valence-corrected chi connectivity index (χ2v) is 19.0.